The number of carbonyl (C=O) groups excluding carboxylic acids is 2. The van der Waals surface area contributed by atoms with E-state index in [1.807, 2.05) is 12.1 Å². The molecule has 0 aliphatic rings. The van der Waals surface area contributed by atoms with Crippen LogP contribution in [-0.4, -0.2) is 11.8 Å². The number of hydrogen-bond donors (Lipinski definition) is 2. The molecular formula is C18H15ClN2O3. The third-order valence-electron chi connectivity index (χ3n) is 3.81. The van der Waals surface area contributed by atoms with E-state index in [1.165, 1.54) is 0 Å². The highest BCUT2D eigenvalue weighted by Gasteiger charge is 2.25. The molecule has 0 fully saturated rings. The number of benzene rings is 2. The second-order valence-electron chi connectivity index (χ2n) is 5.39. The quantitative estimate of drug-likeness (QED) is 0.762. The minimum absolute atomic E-state index is 0.111. The van der Waals surface area contributed by atoms with E-state index < -0.39 is 17.9 Å². The minimum atomic E-state index is -0.943. The number of para-hydroxylation sites is 1. The maximum Gasteiger partial charge on any atom is 0.288 e. The number of hydrogen-bond acceptors (Lipinski definition) is 3. The fourth-order valence-electron chi connectivity index (χ4n) is 2.59. The van der Waals surface area contributed by atoms with Crippen molar-refractivity contribution in [2.45, 2.75) is 13.0 Å². The van der Waals surface area contributed by atoms with Crippen molar-refractivity contribution in [1.82, 2.24) is 5.32 Å². The van der Waals surface area contributed by atoms with Gasteiger partial charge in [0.2, 0.25) is 5.91 Å². The summed E-state index contributed by atoms with van der Waals surface area (Å²) in [7, 11) is 0. The lowest BCUT2D eigenvalue weighted by molar-refractivity contribution is -0.120. The highest BCUT2D eigenvalue weighted by Crippen LogP contribution is 2.30. The Morgan fingerprint density at radius 1 is 1.12 bits per heavy atom. The highest BCUT2D eigenvalue weighted by molar-refractivity contribution is 6.35. The molecule has 3 N–H and O–H groups in total. The van der Waals surface area contributed by atoms with E-state index in [0.29, 0.717) is 21.7 Å². The molecule has 0 saturated heterocycles. The normalized spacial score (nSPS) is 12.1. The average molecular weight is 343 g/mol. The van der Waals surface area contributed by atoms with Crippen LogP contribution in [0.3, 0.4) is 0 Å². The van der Waals surface area contributed by atoms with Crippen molar-refractivity contribution in [2.75, 3.05) is 0 Å². The number of nitrogens with two attached hydrogens (primary N) is 1. The van der Waals surface area contributed by atoms with Gasteiger partial charge >= 0.3 is 0 Å². The molecule has 2 amide bonds. The monoisotopic (exact) mass is 342 g/mol. The van der Waals surface area contributed by atoms with Crippen molar-refractivity contribution in [1.29, 1.82) is 0 Å². The van der Waals surface area contributed by atoms with Gasteiger partial charge in [-0.2, -0.15) is 0 Å². The predicted molar refractivity (Wildman–Crippen MR) is 91.8 cm³/mol. The summed E-state index contributed by atoms with van der Waals surface area (Å²) in [6, 6.07) is 13.1. The molecule has 5 nitrogen and oxygen atoms in total. The van der Waals surface area contributed by atoms with Crippen molar-refractivity contribution in [3.8, 4) is 0 Å². The number of furan rings is 1. The summed E-state index contributed by atoms with van der Waals surface area (Å²) >= 11 is 6.10. The summed E-state index contributed by atoms with van der Waals surface area (Å²) in [6.07, 6.45) is 0. The molecule has 3 aromatic rings. The van der Waals surface area contributed by atoms with Gasteiger partial charge in [-0.3, -0.25) is 9.59 Å². The number of amides is 2. The van der Waals surface area contributed by atoms with Gasteiger partial charge in [0.15, 0.2) is 11.3 Å². The average Bonchev–Trinajstić information content (AvgIpc) is 2.92. The Labute approximate surface area is 143 Å². The van der Waals surface area contributed by atoms with Crippen molar-refractivity contribution in [3.63, 3.8) is 0 Å². The van der Waals surface area contributed by atoms with E-state index in [-0.39, 0.29) is 5.76 Å². The first-order valence-corrected chi connectivity index (χ1v) is 7.69. The molecule has 1 heterocycles. The smallest absolute Gasteiger partial charge is 0.288 e. The SMILES string of the molecule is Cc1c(C(=O)N[C@H](C(N)=O)c2ccccc2)oc2c(Cl)cccc12. The number of nitrogens with one attached hydrogen (secondary N) is 1. The third kappa shape index (κ3) is 2.86. The number of primary amides is 1. The Morgan fingerprint density at radius 2 is 1.83 bits per heavy atom. The first kappa shape index (κ1) is 16.1. The zero-order valence-electron chi connectivity index (χ0n) is 12.9. The summed E-state index contributed by atoms with van der Waals surface area (Å²) < 4.78 is 5.61. The summed E-state index contributed by atoms with van der Waals surface area (Å²) in [6.45, 7) is 1.76. The summed E-state index contributed by atoms with van der Waals surface area (Å²) in [5, 5.41) is 3.79. The lowest BCUT2D eigenvalue weighted by Gasteiger charge is -2.15. The second-order valence-corrected chi connectivity index (χ2v) is 5.80. The van der Waals surface area contributed by atoms with Gasteiger partial charge in [0.25, 0.3) is 5.91 Å². The molecule has 0 radical (unpaired) electrons. The van der Waals surface area contributed by atoms with Crippen LogP contribution < -0.4 is 11.1 Å². The maximum atomic E-state index is 12.6. The third-order valence-corrected chi connectivity index (χ3v) is 4.11. The first-order chi connectivity index (χ1) is 11.5. The summed E-state index contributed by atoms with van der Waals surface area (Å²) in [5.41, 5.74) is 7.12. The van der Waals surface area contributed by atoms with E-state index >= 15 is 0 Å². The molecule has 24 heavy (non-hydrogen) atoms. The van der Waals surface area contributed by atoms with E-state index in [4.69, 9.17) is 21.8 Å². The summed E-state index contributed by atoms with van der Waals surface area (Å²) in [4.78, 5) is 24.3. The predicted octanol–water partition coefficient (Wildman–Crippen LogP) is 3.35. The lowest BCUT2D eigenvalue weighted by atomic mass is 10.1. The lowest BCUT2D eigenvalue weighted by Crippen LogP contribution is -2.37. The Bertz CT molecular complexity index is 919. The van der Waals surface area contributed by atoms with Crippen molar-refractivity contribution in [2.24, 2.45) is 5.73 Å². The number of carbonyl (C=O) groups is 2. The van der Waals surface area contributed by atoms with Crippen LogP contribution in [0, 0.1) is 6.92 Å². The standard InChI is InChI=1S/C18H15ClN2O3/c1-10-12-8-5-9-13(19)16(12)24-15(10)18(23)21-14(17(20)22)11-6-3-2-4-7-11/h2-9,14H,1H3,(H2,20,22)(H,21,23)/t14-/m0/s1. The van der Waals surface area contributed by atoms with Crippen LogP contribution in [0.4, 0.5) is 0 Å². The highest BCUT2D eigenvalue weighted by atomic mass is 35.5. The molecule has 1 atom stereocenters. The van der Waals surface area contributed by atoms with Gasteiger partial charge in [-0.05, 0) is 18.6 Å². The van der Waals surface area contributed by atoms with Crippen LogP contribution in [0.25, 0.3) is 11.0 Å². The zero-order valence-corrected chi connectivity index (χ0v) is 13.6. The minimum Gasteiger partial charge on any atom is -0.449 e. The molecule has 6 heteroatoms. The van der Waals surface area contributed by atoms with Crippen molar-refractivity contribution < 1.29 is 14.0 Å². The molecule has 0 spiro atoms. The number of rotatable bonds is 4. The van der Waals surface area contributed by atoms with E-state index in [0.717, 1.165) is 5.39 Å². The molecule has 2 aromatic carbocycles. The molecule has 122 valence electrons. The van der Waals surface area contributed by atoms with Crippen LogP contribution in [0.15, 0.2) is 52.9 Å². The van der Waals surface area contributed by atoms with E-state index in [1.54, 1.807) is 43.3 Å². The molecule has 0 aliphatic heterocycles. The molecule has 0 unspecified atom stereocenters. The Hall–Kier alpha value is -2.79. The molecule has 0 bridgehead atoms. The van der Waals surface area contributed by atoms with Crippen LogP contribution in [0.5, 0.6) is 0 Å². The fourth-order valence-corrected chi connectivity index (χ4v) is 2.80. The van der Waals surface area contributed by atoms with Gasteiger partial charge < -0.3 is 15.5 Å². The second kappa shape index (κ2) is 6.37. The Balaban J connectivity index is 1.96. The van der Waals surface area contributed by atoms with Gasteiger partial charge in [-0.15, -0.1) is 0 Å². The van der Waals surface area contributed by atoms with Gasteiger partial charge in [-0.1, -0.05) is 54.1 Å². The Morgan fingerprint density at radius 3 is 2.46 bits per heavy atom. The van der Waals surface area contributed by atoms with Gasteiger partial charge in [0.1, 0.15) is 6.04 Å². The van der Waals surface area contributed by atoms with Crippen molar-refractivity contribution >= 4 is 34.4 Å². The Kier molecular flexibility index (Phi) is 4.27. The van der Waals surface area contributed by atoms with Crippen LogP contribution in [0.1, 0.15) is 27.7 Å². The van der Waals surface area contributed by atoms with Gasteiger partial charge in [0, 0.05) is 10.9 Å². The zero-order chi connectivity index (χ0) is 17.3. The topological polar surface area (TPSA) is 85.3 Å². The van der Waals surface area contributed by atoms with E-state index in [2.05, 4.69) is 5.32 Å². The van der Waals surface area contributed by atoms with Crippen LogP contribution >= 0.6 is 11.6 Å². The number of fused-ring (bicyclic) bond motifs is 1. The van der Waals surface area contributed by atoms with Gasteiger partial charge in [-0.25, -0.2) is 0 Å². The van der Waals surface area contributed by atoms with Crippen molar-refractivity contribution in [3.05, 3.63) is 70.4 Å². The maximum absolute atomic E-state index is 12.6. The molecular weight excluding hydrogens is 328 g/mol. The van der Waals surface area contributed by atoms with Crippen LogP contribution in [0.2, 0.25) is 5.02 Å². The first-order valence-electron chi connectivity index (χ1n) is 7.31. The van der Waals surface area contributed by atoms with Crippen LogP contribution in [-0.2, 0) is 4.79 Å². The molecule has 3 rings (SSSR count). The fraction of sp³-hybridized carbons (Fsp3) is 0.111. The number of halogens is 1. The summed E-state index contributed by atoms with van der Waals surface area (Å²) in [5.74, 6) is -1.06. The van der Waals surface area contributed by atoms with Gasteiger partial charge in [0.05, 0.1) is 5.02 Å². The largest absolute Gasteiger partial charge is 0.449 e. The number of aryl methyl sites for hydroxylation is 1. The molecule has 0 aliphatic carbocycles. The van der Waals surface area contributed by atoms with E-state index in [9.17, 15) is 9.59 Å². The molecule has 1 aromatic heterocycles. The molecule has 0 saturated carbocycles.